The molecule has 2 rings (SSSR count). The van der Waals surface area contributed by atoms with E-state index in [1.54, 1.807) is 6.20 Å². The molecule has 0 saturated heterocycles. The number of nitrogens with two attached hydrogens (primary N) is 1. The van der Waals surface area contributed by atoms with E-state index in [0.717, 1.165) is 25.7 Å². The molecule has 0 aliphatic heterocycles. The summed E-state index contributed by atoms with van der Waals surface area (Å²) in [6.07, 6.45) is 6.61. The maximum Gasteiger partial charge on any atom is 0.311 e. The van der Waals surface area contributed by atoms with E-state index in [0.29, 0.717) is 10.2 Å². The molecule has 1 aromatic heterocycles. The van der Waals surface area contributed by atoms with Gasteiger partial charge in [0, 0.05) is 18.3 Å². The highest BCUT2D eigenvalue weighted by Crippen LogP contribution is 2.33. The highest BCUT2D eigenvalue weighted by Gasteiger charge is 2.23. The van der Waals surface area contributed by atoms with Crippen molar-refractivity contribution in [2.45, 2.75) is 37.8 Å². The van der Waals surface area contributed by atoms with Gasteiger partial charge in [-0.2, -0.15) is 0 Å². The Morgan fingerprint density at radius 3 is 2.67 bits per heavy atom. The Balaban J connectivity index is 2.15. The van der Waals surface area contributed by atoms with Crippen LogP contribution < -0.4 is 11.1 Å². The number of hydrogen-bond acceptors (Lipinski definition) is 5. The molecular weight excluding hydrogens is 300 g/mol. The third kappa shape index (κ3) is 2.97. The number of hydrogen-bond donors (Lipinski definition) is 2. The Bertz CT molecular complexity index is 447. The molecule has 18 heavy (non-hydrogen) atoms. The van der Waals surface area contributed by atoms with E-state index in [2.05, 4.69) is 26.2 Å². The molecule has 7 heteroatoms. The number of nitrogens with one attached hydrogen (secondary N) is 1. The third-order valence-electron chi connectivity index (χ3n) is 3.20. The Morgan fingerprint density at radius 2 is 2.06 bits per heavy atom. The molecule has 1 aliphatic rings. The molecule has 6 nitrogen and oxygen atoms in total. The molecule has 1 fully saturated rings. The fraction of sp³-hybridized carbons (Fsp3) is 0.545. The van der Waals surface area contributed by atoms with Gasteiger partial charge in [0.15, 0.2) is 0 Å². The topological polar surface area (TPSA) is 94.1 Å². The van der Waals surface area contributed by atoms with Crippen molar-refractivity contribution in [1.82, 2.24) is 4.98 Å². The van der Waals surface area contributed by atoms with Gasteiger partial charge in [-0.15, -0.1) is 0 Å². The van der Waals surface area contributed by atoms with Gasteiger partial charge in [-0.1, -0.05) is 0 Å². The van der Waals surface area contributed by atoms with Gasteiger partial charge in [0.25, 0.3) is 0 Å². The molecule has 0 spiro atoms. The van der Waals surface area contributed by atoms with E-state index in [1.165, 1.54) is 6.20 Å². The Kier molecular flexibility index (Phi) is 4.13. The molecule has 3 N–H and O–H groups in total. The lowest BCUT2D eigenvalue weighted by Gasteiger charge is -2.27. The van der Waals surface area contributed by atoms with Crippen molar-refractivity contribution >= 4 is 27.3 Å². The molecule has 1 saturated carbocycles. The van der Waals surface area contributed by atoms with Gasteiger partial charge in [-0.3, -0.25) is 15.1 Å². The normalized spacial score (nSPS) is 23.7. The fourth-order valence-corrected chi connectivity index (χ4v) is 2.61. The van der Waals surface area contributed by atoms with Gasteiger partial charge in [0.1, 0.15) is 11.9 Å². The average Bonchev–Trinajstić information content (AvgIpc) is 2.34. The van der Waals surface area contributed by atoms with Crippen molar-refractivity contribution in [1.29, 1.82) is 0 Å². The summed E-state index contributed by atoms with van der Waals surface area (Å²) in [5.74, 6) is 0. The summed E-state index contributed by atoms with van der Waals surface area (Å²) in [5.41, 5.74) is 6.35. The van der Waals surface area contributed by atoms with E-state index in [-0.39, 0.29) is 17.8 Å². The van der Waals surface area contributed by atoms with Crippen LogP contribution in [0.5, 0.6) is 0 Å². The Labute approximate surface area is 113 Å². The van der Waals surface area contributed by atoms with Gasteiger partial charge < -0.3 is 11.1 Å². The first-order valence-corrected chi connectivity index (χ1v) is 6.67. The number of anilines is 1. The number of halogens is 1. The molecule has 1 heterocycles. The lowest BCUT2D eigenvalue weighted by molar-refractivity contribution is -0.384. The molecule has 0 radical (unpaired) electrons. The van der Waals surface area contributed by atoms with Crippen molar-refractivity contribution in [2.24, 2.45) is 5.73 Å². The lowest BCUT2D eigenvalue weighted by Crippen LogP contribution is -2.33. The second kappa shape index (κ2) is 5.62. The molecule has 0 atom stereocenters. The summed E-state index contributed by atoms with van der Waals surface area (Å²) in [5, 5.41) is 14.2. The zero-order chi connectivity index (χ0) is 13.1. The van der Waals surface area contributed by atoms with Crippen LogP contribution in [0.25, 0.3) is 0 Å². The summed E-state index contributed by atoms with van der Waals surface area (Å²) < 4.78 is 0.617. The molecule has 98 valence electrons. The molecular formula is C11H15BrN4O2. The fourth-order valence-electron chi connectivity index (χ4n) is 2.17. The van der Waals surface area contributed by atoms with Gasteiger partial charge in [0.05, 0.1) is 9.40 Å². The second-order valence-corrected chi connectivity index (χ2v) is 5.38. The SMILES string of the molecule is NC1CCC(Nc2c(Br)cncc2[N+](=O)[O-])CC1. The molecule has 0 amide bonds. The van der Waals surface area contributed by atoms with Crippen molar-refractivity contribution in [3.8, 4) is 0 Å². The quantitative estimate of drug-likeness (QED) is 0.660. The van der Waals surface area contributed by atoms with E-state index in [9.17, 15) is 10.1 Å². The summed E-state index contributed by atoms with van der Waals surface area (Å²) in [7, 11) is 0. The van der Waals surface area contributed by atoms with E-state index in [1.807, 2.05) is 0 Å². The number of nitrogens with zero attached hydrogens (tertiary/aromatic N) is 2. The van der Waals surface area contributed by atoms with Crippen molar-refractivity contribution in [2.75, 3.05) is 5.32 Å². The maximum atomic E-state index is 11.0. The smallest absolute Gasteiger partial charge is 0.311 e. The van der Waals surface area contributed by atoms with Crippen LogP contribution in [-0.4, -0.2) is 22.0 Å². The lowest BCUT2D eigenvalue weighted by atomic mass is 9.91. The highest BCUT2D eigenvalue weighted by molar-refractivity contribution is 9.10. The minimum Gasteiger partial charge on any atom is -0.376 e. The van der Waals surface area contributed by atoms with Gasteiger partial charge in [-0.25, -0.2) is 0 Å². The highest BCUT2D eigenvalue weighted by atomic mass is 79.9. The third-order valence-corrected chi connectivity index (χ3v) is 3.80. The first kappa shape index (κ1) is 13.2. The van der Waals surface area contributed by atoms with Crippen molar-refractivity contribution in [3.05, 3.63) is 27.0 Å². The predicted molar refractivity (Wildman–Crippen MR) is 72.4 cm³/mol. The number of pyridine rings is 1. The van der Waals surface area contributed by atoms with Crippen molar-refractivity contribution < 1.29 is 4.92 Å². The molecule has 0 unspecified atom stereocenters. The second-order valence-electron chi connectivity index (χ2n) is 4.53. The van der Waals surface area contributed by atoms with Gasteiger partial charge in [0.2, 0.25) is 0 Å². The van der Waals surface area contributed by atoms with E-state index in [4.69, 9.17) is 5.73 Å². The van der Waals surface area contributed by atoms with Gasteiger partial charge >= 0.3 is 5.69 Å². The summed E-state index contributed by atoms with van der Waals surface area (Å²) >= 11 is 3.30. The van der Waals surface area contributed by atoms with Crippen LogP contribution in [0, 0.1) is 10.1 Å². The number of rotatable bonds is 3. The Hall–Kier alpha value is -1.21. The zero-order valence-corrected chi connectivity index (χ0v) is 11.4. The largest absolute Gasteiger partial charge is 0.376 e. The van der Waals surface area contributed by atoms with Crippen molar-refractivity contribution in [3.63, 3.8) is 0 Å². The Morgan fingerprint density at radius 1 is 1.39 bits per heavy atom. The number of nitro groups is 1. The summed E-state index contributed by atoms with van der Waals surface area (Å²) in [4.78, 5) is 14.4. The maximum absolute atomic E-state index is 11.0. The predicted octanol–water partition coefficient (Wildman–Crippen LogP) is 2.43. The summed E-state index contributed by atoms with van der Waals surface area (Å²) in [6, 6.07) is 0.501. The van der Waals surface area contributed by atoms with E-state index < -0.39 is 4.92 Å². The standard InChI is InChI=1S/C11H15BrN4O2/c12-9-5-14-6-10(16(17)18)11(9)15-8-3-1-7(13)2-4-8/h5-8H,1-4,13H2,(H,14,15). The van der Waals surface area contributed by atoms with Crippen LogP contribution in [0.15, 0.2) is 16.9 Å². The molecule has 0 bridgehead atoms. The molecule has 1 aliphatic carbocycles. The monoisotopic (exact) mass is 314 g/mol. The van der Waals surface area contributed by atoms with E-state index >= 15 is 0 Å². The van der Waals surface area contributed by atoms with Crippen LogP contribution in [0.3, 0.4) is 0 Å². The van der Waals surface area contributed by atoms with Crippen LogP contribution in [-0.2, 0) is 0 Å². The average molecular weight is 315 g/mol. The first-order chi connectivity index (χ1) is 8.58. The van der Waals surface area contributed by atoms with Crippen LogP contribution in [0.2, 0.25) is 0 Å². The molecule has 1 aromatic rings. The van der Waals surface area contributed by atoms with Crippen LogP contribution >= 0.6 is 15.9 Å². The zero-order valence-electron chi connectivity index (χ0n) is 9.80. The first-order valence-electron chi connectivity index (χ1n) is 5.88. The minimum atomic E-state index is -0.422. The molecule has 0 aromatic carbocycles. The number of aromatic nitrogens is 1. The minimum absolute atomic E-state index is 0.000697. The van der Waals surface area contributed by atoms with Crippen LogP contribution in [0.1, 0.15) is 25.7 Å². The van der Waals surface area contributed by atoms with Gasteiger partial charge in [-0.05, 0) is 41.6 Å². The van der Waals surface area contributed by atoms with Crippen LogP contribution in [0.4, 0.5) is 11.4 Å². The summed E-state index contributed by atoms with van der Waals surface area (Å²) in [6.45, 7) is 0.